The van der Waals surface area contributed by atoms with Crippen LogP contribution in [0.3, 0.4) is 0 Å². The van der Waals surface area contributed by atoms with Crippen LogP contribution in [-0.2, 0) is 6.18 Å². The maximum absolute atomic E-state index is 13.0. The van der Waals surface area contributed by atoms with Crippen LogP contribution in [0, 0.1) is 5.82 Å². The van der Waals surface area contributed by atoms with Gasteiger partial charge in [0.1, 0.15) is 18.2 Å². The van der Waals surface area contributed by atoms with E-state index in [1.807, 2.05) is 6.92 Å². The molecule has 0 unspecified atom stereocenters. The van der Waals surface area contributed by atoms with Gasteiger partial charge in [0.05, 0.1) is 5.56 Å². The van der Waals surface area contributed by atoms with Crippen LogP contribution in [0.5, 0.6) is 5.75 Å². The molecule has 2 nitrogen and oxygen atoms in total. The van der Waals surface area contributed by atoms with Gasteiger partial charge in [-0.25, -0.2) is 4.39 Å². The second kappa shape index (κ2) is 6.56. The molecule has 0 atom stereocenters. The van der Waals surface area contributed by atoms with Gasteiger partial charge in [-0.15, -0.1) is 0 Å². The third-order valence-electron chi connectivity index (χ3n) is 2.31. The predicted molar refractivity (Wildman–Crippen MR) is 64.6 cm³/mol. The first kappa shape index (κ1) is 15.5. The first-order valence-corrected chi connectivity index (χ1v) is 5.71. The summed E-state index contributed by atoms with van der Waals surface area (Å²) in [5.41, 5.74) is -0.637. The van der Waals surface area contributed by atoms with Gasteiger partial charge < -0.3 is 10.1 Å². The second-order valence-corrected chi connectivity index (χ2v) is 3.96. The topological polar surface area (TPSA) is 21.3 Å². The molecule has 1 aromatic carbocycles. The van der Waals surface area contributed by atoms with E-state index < -0.39 is 17.6 Å². The average Bonchev–Trinajstić information content (AvgIpc) is 2.34. The molecule has 0 aliphatic rings. The molecule has 1 aromatic rings. The van der Waals surface area contributed by atoms with E-state index in [-0.39, 0.29) is 12.4 Å². The number of benzene rings is 1. The van der Waals surface area contributed by atoms with Gasteiger partial charge in [-0.05, 0) is 30.3 Å². The summed E-state index contributed by atoms with van der Waals surface area (Å²) in [6.07, 6.45) is -4.73. The molecule has 19 heavy (non-hydrogen) atoms. The van der Waals surface area contributed by atoms with Crippen molar-refractivity contribution in [2.45, 2.75) is 13.1 Å². The highest BCUT2D eigenvalue weighted by molar-refractivity contribution is 5.32. The Hall–Kier alpha value is -1.56. The number of rotatable bonds is 6. The molecule has 106 valence electrons. The van der Waals surface area contributed by atoms with Crippen molar-refractivity contribution in [1.82, 2.24) is 5.32 Å². The van der Waals surface area contributed by atoms with Crippen LogP contribution in [0.2, 0.25) is 0 Å². The van der Waals surface area contributed by atoms with Gasteiger partial charge in [-0.1, -0.05) is 13.5 Å². The van der Waals surface area contributed by atoms with Crippen LogP contribution in [0.15, 0.2) is 30.4 Å². The molecule has 0 fully saturated rings. The van der Waals surface area contributed by atoms with Crippen molar-refractivity contribution >= 4 is 0 Å². The molecule has 0 bridgehead atoms. The molecular formula is C13H15F4NO. The van der Waals surface area contributed by atoms with Crippen molar-refractivity contribution < 1.29 is 22.3 Å². The van der Waals surface area contributed by atoms with Gasteiger partial charge in [0.2, 0.25) is 0 Å². The number of alkyl halides is 3. The fourth-order valence-corrected chi connectivity index (χ4v) is 1.35. The monoisotopic (exact) mass is 277 g/mol. The van der Waals surface area contributed by atoms with Gasteiger partial charge >= 0.3 is 6.18 Å². The van der Waals surface area contributed by atoms with Gasteiger partial charge in [0.25, 0.3) is 0 Å². The van der Waals surface area contributed by atoms with E-state index in [9.17, 15) is 17.6 Å². The average molecular weight is 277 g/mol. The van der Waals surface area contributed by atoms with Crippen LogP contribution in [-0.4, -0.2) is 19.7 Å². The fourth-order valence-electron chi connectivity index (χ4n) is 1.35. The Bertz CT molecular complexity index is 443. The van der Waals surface area contributed by atoms with Crippen LogP contribution in [0.4, 0.5) is 17.6 Å². The molecule has 0 amide bonds. The summed E-state index contributed by atoms with van der Waals surface area (Å²) < 4.78 is 55.6. The summed E-state index contributed by atoms with van der Waals surface area (Å²) in [4.78, 5) is 0. The third kappa shape index (κ3) is 4.90. The lowest BCUT2D eigenvalue weighted by Crippen LogP contribution is -2.19. The number of ether oxygens (including phenoxy) is 1. The number of hydrogen-bond donors (Lipinski definition) is 1. The molecule has 0 aliphatic heterocycles. The maximum Gasteiger partial charge on any atom is 0.419 e. The normalized spacial score (nSPS) is 11.4. The van der Waals surface area contributed by atoms with Crippen molar-refractivity contribution in [3.63, 3.8) is 0 Å². The Morgan fingerprint density at radius 1 is 1.37 bits per heavy atom. The van der Waals surface area contributed by atoms with Crippen molar-refractivity contribution in [1.29, 1.82) is 0 Å². The number of halogens is 4. The lowest BCUT2D eigenvalue weighted by molar-refractivity contribution is -0.140. The van der Waals surface area contributed by atoms with Crippen molar-refractivity contribution in [2.24, 2.45) is 0 Å². The zero-order valence-corrected chi connectivity index (χ0v) is 10.5. The summed E-state index contributed by atoms with van der Waals surface area (Å²) in [5.74, 6) is -1.35. The van der Waals surface area contributed by atoms with Crippen molar-refractivity contribution in [3.05, 3.63) is 41.7 Å². The smallest absolute Gasteiger partial charge is 0.419 e. The zero-order valence-electron chi connectivity index (χ0n) is 10.5. The lowest BCUT2D eigenvalue weighted by Gasteiger charge is -2.12. The molecule has 0 aromatic heterocycles. The van der Waals surface area contributed by atoms with Gasteiger partial charge in [-0.3, -0.25) is 0 Å². The molecule has 0 radical (unpaired) electrons. The molecule has 6 heteroatoms. The standard InChI is InChI=1S/C13H15F4NO/c1-3-18-7-9(2)8-19-10-4-5-12(14)11(6-10)13(15,16)17/h4-6,18H,2-3,7-8H2,1H3. The summed E-state index contributed by atoms with van der Waals surface area (Å²) in [6, 6.07) is 2.55. The Balaban J connectivity index is 2.68. The van der Waals surface area contributed by atoms with Crippen LogP contribution in [0.1, 0.15) is 12.5 Å². The summed E-state index contributed by atoms with van der Waals surface area (Å²) in [7, 11) is 0. The number of hydrogen-bond acceptors (Lipinski definition) is 2. The molecule has 0 heterocycles. The molecule has 1 rings (SSSR count). The molecular weight excluding hydrogens is 262 g/mol. The Morgan fingerprint density at radius 2 is 2.05 bits per heavy atom. The quantitative estimate of drug-likeness (QED) is 0.635. The summed E-state index contributed by atoms with van der Waals surface area (Å²) in [6.45, 7) is 6.99. The van der Waals surface area contributed by atoms with Gasteiger partial charge in [0, 0.05) is 6.54 Å². The van der Waals surface area contributed by atoms with Gasteiger partial charge in [-0.2, -0.15) is 13.2 Å². The molecule has 0 saturated heterocycles. The minimum atomic E-state index is -4.73. The minimum Gasteiger partial charge on any atom is -0.489 e. The molecule has 0 spiro atoms. The first-order valence-electron chi connectivity index (χ1n) is 5.71. The van der Waals surface area contributed by atoms with E-state index in [0.717, 1.165) is 18.7 Å². The summed E-state index contributed by atoms with van der Waals surface area (Å²) in [5, 5.41) is 3.01. The fraction of sp³-hybridized carbons (Fsp3) is 0.385. The van der Waals surface area contributed by atoms with E-state index in [2.05, 4.69) is 11.9 Å². The third-order valence-corrected chi connectivity index (χ3v) is 2.31. The highest BCUT2D eigenvalue weighted by Crippen LogP contribution is 2.33. The van der Waals surface area contributed by atoms with E-state index in [0.29, 0.717) is 18.2 Å². The Labute approximate surface area is 109 Å². The minimum absolute atomic E-state index is 0.0358. The SMILES string of the molecule is C=C(CNCC)COc1ccc(F)c(C(F)(F)F)c1. The van der Waals surface area contributed by atoms with E-state index in [4.69, 9.17) is 4.74 Å². The molecule has 0 saturated carbocycles. The lowest BCUT2D eigenvalue weighted by atomic mass is 10.2. The van der Waals surface area contributed by atoms with E-state index in [1.165, 1.54) is 0 Å². The van der Waals surface area contributed by atoms with E-state index in [1.54, 1.807) is 0 Å². The van der Waals surface area contributed by atoms with Crippen molar-refractivity contribution in [2.75, 3.05) is 19.7 Å². The maximum atomic E-state index is 13.0. The highest BCUT2D eigenvalue weighted by Gasteiger charge is 2.34. The van der Waals surface area contributed by atoms with Gasteiger partial charge in [0.15, 0.2) is 0 Å². The predicted octanol–water partition coefficient (Wildman–Crippen LogP) is 3.39. The zero-order chi connectivity index (χ0) is 14.5. The molecule has 1 N–H and O–H groups in total. The number of nitrogens with one attached hydrogen (secondary N) is 1. The van der Waals surface area contributed by atoms with Crippen LogP contribution in [0.25, 0.3) is 0 Å². The number of likely N-dealkylation sites (N-methyl/N-ethyl adjacent to an activating group) is 1. The van der Waals surface area contributed by atoms with Crippen molar-refractivity contribution in [3.8, 4) is 5.75 Å². The Morgan fingerprint density at radius 3 is 2.63 bits per heavy atom. The largest absolute Gasteiger partial charge is 0.489 e. The summed E-state index contributed by atoms with van der Waals surface area (Å²) >= 11 is 0. The second-order valence-electron chi connectivity index (χ2n) is 3.96. The highest BCUT2D eigenvalue weighted by atomic mass is 19.4. The van der Waals surface area contributed by atoms with Crippen LogP contribution >= 0.6 is 0 Å². The Kier molecular flexibility index (Phi) is 5.35. The van der Waals surface area contributed by atoms with E-state index >= 15 is 0 Å². The molecule has 0 aliphatic carbocycles. The first-order chi connectivity index (χ1) is 8.84. The van der Waals surface area contributed by atoms with Crippen LogP contribution < -0.4 is 10.1 Å².